The monoisotopic (exact) mass is 370 g/mol. The Kier molecular flexibility index (Phi) is 5.28. The van der Waals surface area contributed by atoms with Gasteiger partial charge in [0.15, 0.2) is 0 Å². The van der Waals surface area contributed by atoms with Crippen LogP contribution in [0.25, 0.3) is 0 Å². The first kappa shape index (κ1) is 16.6. The van der Waals surface area contributed by atoms with Gasteiger partial charge < -0.3 is 20.1 Å². The number of benzene rings is 1. The van der Waals surface area contributed by atoms with Crippen molar-refractivity contribution in [3.63, 3.8) is 0 Å². The highest BCUT2D eigenvalue weighted by atomic mass is 79.9. The number of aliphatic carboxylic acids is 1. The number of nitrogens with one attached hydrogen (secondary N) is 1. The number of amides is 2. The van der Waals surface area contributed by atoms with Crippen LogP contribution >= 0.6 is 15.9 Å². The van der Waals surface area contributed by atoms with Crippen molar-refractivity contribution in [1.82, 2.24) is 10.2 Å². The molecular formula is C15H19BrN2O4. The molecule has 0 radical (unpaired) electrons. The van der Waals surface area contributed by atoms with Crippen molar-refractivity contribution in [2.45, 2.75) is 19.4 Å². The molecule has 1 aliphatic rings. The Balaban J connectivity index is 1.97. The Hall–Kier alpha value is -1.76. The second-order valence-electron chi connectivity index (χ2n) is 5.34. The van der Waals surface area contributed by atoms with E-state index in [1.54, 1.807) is 12.0 Å². The van der Waals surface area contributed by atoms with Crippen LogP contribution in [0.5, 0.6) is 5.75 Å². The minimum atomic E-state index is -0.845. The molecule has 1 aromatic rings. The molecule has 2 rings (SSSR count). The summed E-state index contributed by atoms with van der Waals surface area (Å²) in [5, 5.41) is 11.9. The number of likely N-dealkylation sites (tertiary alicyclic amines) is 1. The molecule has 7 heteroatoms. The second-order valence-corrected chi connectivity index (χ2v) is 6.19. The van der Waals surface area contributed by atoms with Gasteiger partial charge in [0, 0.05) is 13.1 Å². The van der Waals surface area contributed by atoms with E-state index < -0.39 is 11.9 Å². The number of hydrogen-bond acceptors (Lipinski definition) is 3. The number of carboxylic acids is 1. The molecule has 1 saturated heterocycles. The van der Waals surface area contributed by atoms with Crippen LogP contribution in [0.15, 0.2) is 22.7 Å². The molecule has 22 heavy (non-hydrogen) atoms. The number of methoxy groups -OCH3 is 1. The second kappa shape index (κ2) is 7.00. The van der Waals surface area contributed by atoms with Gasteiger partial charge in [-0.3, -0.25) is 4.79 Å². The van der Waals surface area contributed by atoms with Gasteiger partial charge in [-0.15, -0.1) is 0 Å². The molecule has 6 nitrogen and oxygen atoms in total. The van der Waals surface area contributed by atoms with Gasteiger partial charge in [0.2, 0.25) is 0 Å². The van der Waals surface area contributed by atoms with Crippen LogP contribution in [0.3, 0.4) is 0 Å². The summed E-state index contributed by atoms with van der Waals surface area (Å²) in [6.07, 6.45) is 0.505. The third kappa shape index (κ3) is 3.71. The normalized spacial score (nSPS) is 18.9. The number of hydrogen-bond donors (Lipinski definition) is 2. The van der Waals surface area contributed by atoms with E-state index in [4.69, 9.17) is 9.84 Å². The standard InChI is InChI=1S/C15H19BrN2O4/c1-9(10-3-4-13(22-2)12(16)7-10)17-15(21)18-6-5-11(8-18)14(19)20/h3-4,7,9,11H,5-6,8H2,1-2H3,(H,17,21)(H,19,20). The lowest BCUT2D eigenvalue weighted by Crippen LogP contribution is -2.40. The van der Waals surface area contributed by atoms with E-state index >= 15 is 0 Å². The molecule has 2 unspecified atom stereocenters. The fraction of sp³-hybridized carbons (Fsp3) is 0.467. The molecule has 2 amide bonds. The van der Waals surface area contributed by atoms with E-state index in [0.717, 1.165) is 15.8 Å². The molecule has 120 valence electrons. The van der Waals surface area contributed by atoms with Crippen molar-refractivity contribution in [1.29, 1.82) is 0 Å². The highest BCUT2D eigenvalue weighted by Crippen LogP contribution is 2.28. The van der Waals surface area contributed by atoms with E-state index in [-0.39, 0.29) is 18.6 Å². The lowest BCUT2D eigenvalue weighted by atomic mass is 10.1. The third-order valence-corrected chi connectivity index (χ3v) is 4.46. The smallest absolute Gasteiger partial charge is 0.317 e. The molecule has 2 N–H and O–H groups in total. The zero-order valence-corrected chi connectivity index (χ0v) is 14.1. The van der Waals surface area contributed by atoms with Crippen LogP contribution in [0.2, 0.25) is 0 Å². The van der Waals surface area contributed by atoms with Crippen molar-refractivity contribution >= 4 is 27.9 Å². The first-order valence-electron chi connectivity index (χ1n) is 7.04. The van der Waals surface area contributed by atoms with Gasteiger partial charge in [-0.25, -0.2) is 4.79 Å². The first-order valence-corrected chi connectivity index (χ1v) is 7.83. The summed E-state index contributed by atoms with van der Waals surface area (Å²) in [7, 11) is 1.59. The first-order chi connectivity index (χ1) is 10.4. The molecule has 1 heterocycles. The Morgan fingerprint density at radius 1 is 1.50 bits per heavy atom. The molecule has 0 spiro atoms. The van der Waals surface area contributed by atoms with Gasteiger partial charge in [0.05, 0.1) is 23.5 Å². The predicted molar refractivity (Wildman–Crippen MR) is 85.0 cm³/mol. The number of carbonyl (C=O) groups excluding carboxylic acids is 1. The average molecular weight is 371 g/mol. The summed E-state index contributed by atoms with van der Waals surface area (Å²) in [6.45, 7) is 2.62. The fourth-order valence-electron chi connectivity index (χ4n) is 2.46. The molecule has 0 aromatic heterocycles. The number of ether oxygens (including phenoxy) is 1. The van der Waals surface area contributed by atoms with Crippen molar-refractivity contribution in [2.24, 2.45) is 5.92 Å². The molecule has 1 fully saturated rings. The lowest BCUT2D eigenvalue weighted by Gasteiger charge is -2.21. The molecule has 0 saturated carbocycles. The molecule has 0 bridgehead atoms. The Labute approximate surface area is 137 Å². The summed E-state index contributed by atoms with van der Waals surface area (Å²) in [4.78, 5) is 24.7. The maximum absolute atomic E-state index is 12.2. The fourth-order valence-corrected chi connectivity index (χ4v) is 3.02. The Morgan fingerprint density at radius 2 is 2.23 bits per heavy atom. The SMILES string of the molecule is COc1ccc(C(C)NC(=O)N2CCC(C(=O)O)C2)cc1Br. The zero-order valence-electron chi connectivity index (χ0n) is 12.5. The number of halogens is 1. The molecule has 2 atom stereocenters. The number of nitrogens with zero attached hydrogens (tertiary/aromatic N) is 1. The van der Waals surface area contributed by atoms with Crippen LogP contribution in [0, 0.1) is 5.92 Å². The summed E-state index contributed by atoms with van der Waals surface area (Å²) < 4.78 is 6.00. The van der Waals surface area contributed by atoms with Gasteiger partial charge >= 0.3 is 12.0 Å². The minimum absolute atomic E-state index is 0.182. The maximum atomic E-state index is 12.2. The van der Waals surface area contributed by atoms with E-state index in [1.807, 2.05) is 25.1 Å². The van der Waals surface area contributed by atoms with E-state index in [1.165, 1.54) is 0 Å². The maximum Gasteiger partial charge on any atom is 0.317 e. The van der Waals surface area contributed by atoms with Crippen LogP contribution in [-0.2, 0) is 4.79 Å². The highest BCUT2D eigenvalue weighted by Gasteiger charge is 2.31. The number of urea groups is 1. The average Bonchev–Trinajstić information content (AvgIpc) is 2.97. The summed E-state index contributed by atoms with van der Waals surface area (Å²) in [6, 6.07) is 5.20. The molecule has 0 aliphatic carbocycles. The van der Waals surface area contributed by atoms with Gasteiger partial charge in [-0.2, -0.15) is 0 Å². The topological polar surface area (TPSA) is 78.9 Å². The largest absolute Gasteiger partial charge is 0.496 e. The van der Waals surface area contributed by atoms with Crippen LogP contribution in [0.1, 0.15) is 24.9 Å². The van der Waals surface area contributed by atoms with Crippen LogP contribution < -0.4 is 10.1 Å². The summed E-state index contributed by atoms with van der Waals surface area (Å²) in [5.41, 5.74) is 0.940. The van der Waals surface area contributed by atoms with Gasteiger partial charge in [-0.1, -0.05) is 6.07 Å². The van der Waals surface area contributed by atoms with Gasteiger partial charge in [0.1, 0.15) is 5.75 Å². The number of carbonyl (C=O) groups is 2. The zero-order chi connectivity index (χ0) is 16.3. The number of rotatable bonds is 4. The summed E-state index contributed by atoms with van der Waals surface area (Å²) in [5.74, 6) is -0.579. The quantitative estimate of drug-likeness (QED) is 0.853. The van der Waals surface area contributed by atoms with Crippen molar-refractivity contribution in [3.8, 4) is 5.75 Å². The molecular weight excluding hydrogens is 352 g/mol. The van der Waals surface area contributed by atoms with E-state index in [2.05, 4.69) is 21.2 Å². The molecule has 1 aliphatic heterocycles. The van der Waals surface area contributed by atoms with Crippen molar-refractivity contribution in [2.75, 3.05) is 20.2 Å². The number of carboxylic acid groups (broad SMARTS) is 1. The summed E-state index contributed by atoms with van der Waals surface area (Å²) >= 11 is 3.42. The van der Waals surface area contributed by atoms with Crippen molar-refractivity contribution in [3.05, 3.63) is 28.2 Å². The van der Waals surface area contributed by atoms with Crippen LogP contribution in [0.4, 0.5) is 4.79 Å². The lowest BCUT2D eigenvalue weighted by molar-refractivity contribution is -0.141. The Bertz CT molecular complexity index is 579. The van der Waals surface area contributed by atoms with Crippen LogP contribution in [-0.4, -0.2) is 42.2 Å². The minimum Gasteiger partial charge on any atom is -0.496 e. The van der Waals surface area contributed by atoms with E-state index in [9.17, 15) is 9.59 Å². The third-order valence-electron chi connectivity index (χ3n) is 3.84. The highest BCUT2D eigenvalue weighted by molar-refractivity contribution is 9.10. The Morgan fingerprint density at radius 3 is 2.77 bits per heavy atom. The van der Waals surface area contributed by atoms with Gasteiger partial charge in [-0.05, 0) is 47.0 Å². The molecule has 1 aromatic carbocycles. The predicted octanol–water partition coefficient (Wildman–Crippen LogP) is 2.63. The van der Waals surface area contributed by atoms with Gasteiger partial charge in [0.25, 0.3) is 0 Å². The van der Waals surface area contributed by atoms with E-state index in [0.29, 0.717) is 13.0 Å². The van der Waals surface area contributed by atoms with Crippen molar-refractivity contribution < 1.29 is 19.4 Å².